The molecule has 0 saturated heterocycles. The smallest absolute Gasteiger partial charge is 0.144 e. The number of benzene rings is 1. The molecule has 1 aromatic carbocycles. The SMILES string of the molecule is CCC(CC)(CN)Cc1cccc(Cl)c1F. The highest BCUT2D eigenvalue weighted by atomic mass is 35.5. The minimum Gasteiger partial charge on any atom is -0.330 e. The van der Waals surface area contributed by atoms with Gasteiger partial charge in [-0.1, -0.05) is 37.6 Å². The van der Waals surface area contributed by atoms with Crippen LogP contribution in [0.15, 0.2) is 18.2 Å². The molecule has 2 N–H and O–H groups in total. The number of hydrogen-bond donors (Lipinski definition) is 1. The lowest BCUT2D eigenvalue weighted by molar-refractivity contribution is 0.268. The summed E-state index contributed by atoms with van der Waals surface area (Å²) in [6.07, 6.45) is 2.56. The molecule has 0 unspecified atom stereocenters. The van der Waals surface area contributed by atoms with Gasteiger partial charge < -0.3 is 5.73 Å². The Balaban J connectivity index is 2.98. The summed E-state index contributed by atoms with van der Waals surface area (Å²) < 4.78 is 13.8. The molecule has 0 radical (unpaired) electrons. The van der Waals surface area contributed by atoms with Gasteiger partial charge in [-0.2, -0.15) is 0 Å². The molecule has 16 heavy (non-hydrogen) atoms. The molecule has 0 fully saturated rings. The van der Waals surface area contributed by atoms with E-state index < -0.39 is 0 Å². The Labute approximate surface area is 102 Å². The average molecular weight is 244 g/mol. The molecule has 0 atom stereocenters. The van der Waals surface area contributed by atoms with Crippen LogP contribution in [0.3, 0.4) is 0 Å². The maximum Gasteiger partial charge on any atom is 0.144 e. The summed E-state index contributed by atoms with van der Waals surface area (Å²) in [4.78, 5) is 0. The van der Waals surface area contributed by atoms with E-state index in [-0.39, 0.29) is 16.3 Å². The molecule has 0 aromatic heterocycles. The minimum absolute atomic E-state index is 0.00841. The summed E-state index contributed by atoms with van der Waals surface area (Å²) in [5.74, 6) is -0.302. The van der Waals surface area contributed by atoms with E-state index in [2.05, 4.69) is 13.8 Å². The molecule has 1 rings (SSSR count). The van der Waals surface area contributed by atoms with Gasteiger partial charge in [0, 0.05) is 0 Å². The molecule has 0 amide bonds. The third kappa shape index (κ3) is 2.74. The van der Waals surface area contributed by atoms with Crippen LogP contribution in [0.5, 0.6) is 0 Å². The van der Waals surface area contributed by atoms with Crippen molar-refractivity contribution in [1.82, 2.24) is 0 Å². The van der Waals surface area contributed by atoms with Crippen LogP contribution in [0.1, 0.15) is 32.3 Å². The Morgan fingerprint density at radius 3 is 2.44 bits per heavy atom. The first-order valence-corrected chi connectivity index (χ1v) is 6.09. The zero-order valence-electron chi connectivity index (χ0n) is 9.89. The normalized spacial score (nSPS) is 11.8. The second-order valence-electron chi connectivity index (χ2n) is 4.30. The van der Waals surface area contributed by atoms with Gasteiger partial charge in [0.1, 0.15) is 5.82 Å². The molecule has 0 heterocycles. The predicted octanol–water partition coefficient (Wildman–Crippen LogP) is 3.79. The molecule has 0 aliphatic carbocycles. The van der Waals surface area contributed by atoms with Crippen molar-refractivity contribution in [3.8, 4) is 0 Å². The monoisotopic (exact) mass is 243 g/mol. The maximum absolute atomic E-state index is 13.8. The van der Waals surface area contributed by atoms with Crippen molar-refractivity contribution in [2.75, 3.05) is 6.54 Å². The standard InChI is InChI=1S/C13H19ClFN/c1-3-13(4-2,9-16)8-10-6-5-7-11(14)12(10)15/h5-7H,3-4,8-9,16H2,1-2H3. The second-order valence-corrected chi connectivity index (χ2v) is 4.71. The van der Waals surface area contributed by atoms with Gasteiger partial charge in [-0.15, -0.1) is 0 Å². The highest BCUT2D eigenvalue weighted by Gasteiger charge is 2.26. The van der Waals surface area contributed by atoms with Gasteiger partial charge in [-0.05, 0) is 42.9 Å². The van der Waals surface area contributed by atoms with E-state index in [0.29, 0.717) is 18.5 Å². The van der Waals surface area contributed by atoms with E-state index in [1.165, 1.54) is 0 Å². The van der Waals surface area contributed by atoms with E-state index in [1.54, 1.807) is 18.2 Å². The molecular weight excluding hydrogens is 225 g/mol. The first kappa shape index (κ1) is 13.5. The molecule has 0 saturated carbocycles. The lowest BCUT2D eigenvalue weighted by atomic mass is 9.77. The number of rotatable bonds is 5. The third-order valence-corrected chi connectivity index (χ3v) is 3.82. The Kier molecular flexibility index (Phi) is 4.75. The van der Waals surface area contributed by atoms with Gasteiger partial charge in [-0.25, -0.2) is 4.39 Å². The highest BCUT2D eigenvalue weighted by Crippen LogP contribution is 2.31. The van der Waals surface area contributed by atoms with Crippen molar-refractivity contribution >= 4 is 11.6 Å². The fourth-order valence-corrected chi connectivity index (χ4v) is 2.14. The summed E-state index contributed by atoms with van der Waals surface area (Å²) in [5, 5.41) is 0.190. The fourth-order valence-electron chi connectivity index (χ4n) is 1.95. The van der Waals surface area contributed by atoms with Crippen molar-refractivity contribution in [1.29, 1.82) is 0 Å². The Hall–Kier alpha value is -0.600. The molecular formula is C13H19ClFN. The molecule has 0 aliphatic rings. The van der Waals surface area contributed by atoms with Crippen LogP contribution in [0.4, 0.5) is 4.39 Å². The predicted molar refractivity (Wildman–Crippen MR) is 67.2 cm³/mol. The molecule has 90 valence electrons. The largest absolute Gasteiger partial charge is 0.330 e. The molecule has 3 heteroatoms. The van der Waals surface area contributed by atoms with Crippen LogP contribution < -0.4 is 5.73 Å². The van der Waals surface area contributed by atoms with E-state index in [9.17, 15) is 4.39 Å². The summed E-state index contributed by atoms with van der Waals surface area (Å²) in [6.45, 7) is 4.77. The van der Waals surface area contributed by atoms with E-state index >= 15 is 0 Å². The van der Waals surface area contributed by atoms with Gasteiger partial charge in [-0.3, -0.25) is 0 Å². The topological polar surface area (TPSA) is 26.0 Å². The number of halogens is 2. The summed E-state index contributed by atoms with van der Waals surface area (Å²) in [5.41, 5.74) is 6.47. The second kappa shape index (κ2) is 5.65. The van der Waals surface area contributed by atoms with Crippen molar-refractivity contribution < 1.29 is 4.39 Å². The van der Waals surface area contributed by atoms with Crippen molar-refractivity contribution in [2.45, 2.75) is 33.1 Å². The quantitative estimate of drug-likeness (QED) is 0.837. The van der Waals surface area contributed by atoms with Crippen LogP contribution >= 0.6 is 11.6 Å². The zero-order valence-corrected chi connectivity index (χ0v) is 10.6. The van der Waals surface area contributed by atoms with Gasteiger partial charge in [0.25, 0.3) is 0 Å². The maximum atomic E-state index is 13.8. The molecule has 1 aromatic rings. The van der Waals surface area contributed by atoms with Crippen LogP contribution in [-0.4, -0.2) is 6.54 Å². The highest BCUT2D eigenvalue weighted by molar-refractivity contribution is 6.30. The number of nitrogens with two attached hydrogens (primary N) is 1. The van der Waals surface area contributed by atoms with Crippen molar-refractivity contribution in [3.63, 3.8) is 0 Å². The Morgan fingerprint density at radius 2 is 1.94 bits per heavy atom. The lowest BCUT2D eigenvalue weighted by Crippen LogP contribution is -2.31. The van der Waals surface area contributed by atoms with Gasteiger partial charge in [0.15, 0.2) is 0 Å². The Morgan fingerprint density at radius 1 is 1.31 bits per heavy atom. The molecule has 0 aliphatic heterocycles. The van der Waals surface area contributed by atoms with Crippen molar-refractivity contribution in [3.05, 3.63) is 34.6 Å². The van der Waals surface area contributed by atoms with E-state index in [1.807, 2.05) is 0 Å². The van der Waals surface area contributed by atoms with Crippen LogP contribution in [0.25, 0.3) is 0 Å². The van der Waals surface area contributed by atoms with Crippen LogP contribution in [0.2, 0.25) is 5.02 Å². The summed E-state index contributed by atoms with van der Waals surface area (Å²) >= 11 is 5.77. The van der Waals surface area contributed by atoms with Gasteiger partial charge in [0.05, 0.1) is 5.02 Å². The first-order chi connectivity index (χ1) is 7.58. The average Bonchev–Trinajstić information content (AvgIpc) is 2.32. The van der Waals surface area contributed by atoms with Crippen LogP contribution in [0, 0.1) is 11.2 Å². The summed E-state index contributed by atoms with van der Waals surface area (Å²) in [7, 11) is 0. The minimum atomic E-state index is -0.302. The molecule has 0 bridgehead atoms. The first-order valence-electron chi connectivity index (χ1n) is 5.71. The van der Waals surface area contributed by atoms with Gasteiger partial charge >= 0.3 is 0 Å². The summed E-state index contributed by atoms with van der Waals surface area (Å²) in [6, 6.07) is 5.15. The van der Waals surface area contributed by atoms with Gasteiger partial charge in [0.2, 0.25) is 0 Å². The van der Waals surface area contributed by atoms with Crippen LogP contribution in [-0.2, 0) is 6.42 Å². The fraction of sp³-hybridized carbons (Fsp3) is 0.538. The number of hydrogen-bond acceptors (Lipinski definition) is 1. The molecule has 1 nitrogen and oxygen atoms in total. The molecule has 0 spiro atoms. The van der Waals surface area contributed by atoms with E-state index in [4.69, 9.17) is 17.3 Å². The Bertz CT molecular complexity index is 340. The third-order valence-electron chi connectivity index (χ3n) is 3.53. The lowest BCUT2D eigenvalue weighted by Gasteiger charge is -2.30. The zero-order chi connectivity index (χ0) is 12.2. The van der Waals surface area contributed by atoms with Crippen molar-refractivity contribution in [2.24, 2.45) is 11.1 Å². The van der Waals surface area contributed by atoms with E-state index in [0.717, 1.165) is 12.8 Å².